The molecule has 0 aromatic heterocycles. The molecule has 3 aromatic carbocycles. The van der Waals surface area contributed by atoms with Crippen LogP contribution in [0.4, 0.5) is 0 Å². The standard InChI is InChI=1S/C28H30N2O4/c1-4-31-21-14-10-19(11-15-21)24-18-25-23-8-7-9-26(33-6-3)27(23)34-28(30(25)29-24)20-12-16-22(17-13-20)32-5-2/h7-17,25,28H,4-6,18H2,1-3H3/t25-,28-/m0/s1. The van der Waals surface area contributed by atoms with Gasteiger partial charge >= 0.3 is 0 Å². The normalized spacial score (nSPS) is 18.4. The molecular weight excluding hydrogens is 428 g/mol. The third-order valence-corrected chi connectivity index (χ3v) is 6.05. The van der Waals surface area contributed by atoms with Gasteiger partial charge in [-0.15, -0.1) is 0 Å². The summed E-state index contributed by atoms with van der Waals surface area (Å²) in [5, 5.41) is 7.14. The molecule has 0 saturated carbocycles. The fourth-order valence-corrected chi connectivity index (χ4v) is 4.55. The highest BCUT2D eigenvalue weighted by Gasteiger charge is 2.42. The van der Waals surface area contributed by atoms with Crippen molar-refractivity contribution in [2.75, 3.05) is 19.8 Å². The number of fused-ring (bicyclic) bond motifs is 3. The molecule has 6 nitrogen and oxygen atoms in total. The minimum atomic E-state index is -0.366. The van der Waals surface area contributed by atoms with Gasteiger partial charge in [0.25, 0.3) is 0 Å². The Kier molecular flexibility index (Phi) is 6.30. The minimum Gasteiger partial charge on any atom is -0.494 e. The van der Waals surface area contributed by atoms with E-state index in [9.17, 15) is 0 Å². The summed E-state index contributed by atoms with van der Waals surface area (Å²) < 4.78 is 23.7. The van der Waals surface area contributed by atoms with Gasteiger partial charge in [-0.25, -0.2) is 5.01 Å². The Bertz CT molecular complexity index is 1160. The van der Waals surface area contributed by atoms with Gasteiger partial charge in [0, 0.05) is 17.5 Å². The van der Waals surface area contributed by atoms with Crippen LogP contribution < -0.4 is 18.9 Å². The number of hydrazone groups is 1. The maximum Gasteiger partial charge on any atom is 0.214 e. The number of nitrogens with zero attached hydrogens (tertiary/aromatic N) is 2. The van der Waals surface area contributed by atoms with E-state index in [0.29, 0.717) is 19.8 Å². The highest BCUT2D eigenvalue weighted by Crippen LogP contribution is 2.50. The van der Waals surface area contributed by atoms with Crippen molar-refractivity contribution in [2.24, 2.45) is 5.10 Å². The van der Waals surface area contributed by atoms with E-state index in [-0.39, 0.29) is 12.3 Å². The highest BCUT2D eigenvalue weighted by atomic mass is 16.5. The molecule has 0 unspecified atom stereocenters. The van der Waals surface area contributed by atoms with Crippen LogP contribution in [0.5, 0.6) is 23.0 Å². The fraction of sp³-hybridized carbons (Fsp3) is 0.321. The molecule has 5 rings (SSSR count). The molecule has 0 amide bonds. The van der Waals surface area contributed by atoms with Gasteiger partial charge in [-0.3, -0.25) is 0 Å². The van der Waals surface area contributed by atoms with Gasteiger partial charge in [0.1, 0.15) is 11.5 Å². The van der Waals surface area contributed by atoms with Crippen LogP contribution in [0.1, 0.15) is 56.2 Å². The lowest BCUT2D eigenvalue weighted by Gasteiger charge is -2.38. The molecule has 6 heteroatoms. The summed E-state index contributed by atoms with van der Waals surface area (Å²) in [7, 11) is 0. The number of hydrogen-bond donors (Lipinski definition) is 0. The second-order valence-electron chi connectivity index (χ2n) is 8.18. The van der Waals surface area contributed by atoms with Crippen molar-refractivity contribution >= 4 is 5.71 Å². The lowest BCUT2D eigenvalue weighted by Crippen LogP contribution is -2.33. The van der Waals surface area contributed by atoms with E-state index < -0.39 is 0 Å². The van der Waals surface area contributed by atoms with Crippen molar-refractivity contribution in [3.05, 3.63) is 83.4 Å². The maximum absolute atomic E-state index is 6.58. The number of hydrogen-bond acceptors (Lipinski definition) is 6. The van der Waals surface area contributed by atoms with Crippen LogP contribution in [0.15, 0.2) is 71.8 Å². The Morgan fingerprint density at radius 3 is 2.12 bits per heavy atom. The summed E-state index contributed by atoms with van der Waals surface area (Å²) in [5.74, 6) is 3.27. The van der Waals surface area contributed by atoms with Gasteiger partial charge in [0.2, 0.25) is 6.23 Å². The molecule has 3 aromatic rings. The van der Waals surface area contributed by atoms with E-state index in [1.807, 2.05) is 69.3 Å². The van der Waals surface area contributed by atoms with E-state index in [1.54, 1.807) is 0 Å². The first-order valence-electron chi connectivity index (χ1n) is 12.0. The third-order valence-electron chi connectivity index (χ3n) is 6.05. The third kappa shape index (κ3) is 4.16. The predicted molar refractivity (Wildman–Crippen MR) is 132 cm³/mol. The first-order valence-corrected chi connectivity index (χ1v) is 12.0. The first-order chi connectivity index (χ1) is 16.7. The average molecular weight is 459 g/mol. The van der Waals surface area contributed by atoms with Crippen molar-refractivity contribution in [2.45, 2.75) is 39.5 Å². The summed E-state index contributed by atoms with van der Waals surface area (Å²) >= 11 is 0. The lowest BCUT2D eigenvalue weighted by molar-refractivity contribution is -0.0212. The molecule has 0 N–H and O–H groups in total. The van der Waals surface area contributed by atoms with E-state index in [2.05, 4.69) is 23.2 Å². The Balaban J connectivity index is 1.53. The van der Waals surface area contributed by atoms with Gasteiger partial charge in [-0.05, 0) is 80.9 Å². The van der Waals surface area contributed by atoms with Crippen LogP contribution in [0.3, 0.4) is 0 Å². The number of benzene rings is 3. The molecule has 0 fully saturated rings. The molecule has 0 radical (unpaired) electrons. The van der Waals surface area contributed by atoms with Crippen molar-refractivity contribution in [1.29, 1.82) is 0 Å². The zero-order valence-corrected chi connectivity index (χ0v) is 19.9. The summed E-state index contributed by atoms with van der Waals surface area (Å²) in [6.07, 6.45) is 0.419. The highest BCUT2D eigenvalue weighted by molar-refractivity contribution is 6.02. The number of para-hydroxylation sites is 1. The molecule has 0 saturated heterocycles. The summed E-state index contributed by atoms with van der Waals surface area (Å²) in [4.78, 5) is 0. The van der Waals surface area contributed by atoms with Crippen LogP contribution in [-0.4, -0.2) is 30.5 Å². The Morgan fingerprint density at radius 2 is 1.47 bits per heavy atom. The number of ether oxygens (including phenoxy) is 4. The molecule has 0 spiro atoms. The molecule has 2 aliphatic heterocycles. The van der Waals surface area contributed by atoms with Gasteiger partial charge in [-0.1, -0.05) is 12.1 Å². The van der Waals surface area contributed by atoms with Gasteiger partial charge in [-0.2, -0.15) is 5.10 Å². The quantitative estimate of drug-likeness (QED) is 0.407. The molecular formula is C28H30N2O4. The Labute approximate surface area is 200 Å². The summed E-state index contributed by atoms with van der Waals surface area (Å²) in [6, 6.07) is 22.4. The minimum absolute atomic E-state index is 0.0577. The molecule has 176 valence electrons. The second kappa shape index (κ2) is 9.67. The smallest absolute Gasteiger partial charge is 0.214 e. The monoisotopic (exact) mass is 458 g/mol. The molecule has 2 heterocycles. The summed E-state index contributed by atoms with van der Waals surface area (Å²) in [6.45, 7) is 7.82. The van der Waals surface area contributed by atoms with E-state index >= 15 is 0 Å². The maximum atomic E-state index is 6.58. The van der Waals surface area contributed by atoms with Crippen molar-refractivity contribution in [3.8, 4) is 23.0 Å². The van der Waals surface area contributed by atoms with Crippen molar-refractivity contribution in [3.63, 3.8) is 0 Å². The zero-order chi connectivity index (χ0) is 23.5. The summed E-state index contributed by atoms with van der Waals surface area (Å²) in [5.41, 5.74) is 4.23. The van der Waals surface area contributed by atoms with Crippen LogP contribution in [0, 0.1) is 0 Å². The lowest BCUT2D eigenvalue weighted by atomic mass is 9.95. The van der Waals surface area contributed by atoms with Crippen LogP contribution in [0.25, 0.3) is 0 Å². The van der Waals surface area contributed by atoms with Crippen LogP contribution in [-0.2, 0) is 0 Å². The van der Waals surface area contributed by atoms with Crippen molar-refractivity contribution < 1.29 is 18.9 Å². The molecule has 34 heavy (non-hydrogen) atoms. The molecule has 0 aliphatic carbocycles. The number of rotatable bonds is 8. The molecule has 2 aliphatic rings. The fourth-order valence-electron chi connectivity index (χ4n) is 4.55. The van der Waals surface area contributed by atoms with Gasteiger partial charge in [0.15, 0.2) is 11.5 Å². The molecule has 0 bridgehead atoms. The van der Waals surface area contributed by atoms with E-state index in [0.717, 1.165) is 51.8 Å². The second-order valence-corrected chi connectivity index (χ2v) is 8.18. The van der Waals surface area contributed by atoms with E-state index in [1.165, 1.54) is 0 Å². The Hall–Kier alpha value is -3.67. The predicted octanol–water partition coefficient (Wildman–Crippen LogP) is 6.13. The SMILES string of the molecule is CCOc1ccc(C2=NN3[C@@H](C2)c2cccc(OCC)c2O[C@H]3c2ccc(OCC)cc2)cc1. The zero-order valence-electron chi connectivity index (χ0n) is 19.9. The average Bonchev–Trinajstić information content (AvgIpc) is 3.31. The Morgan fingerprint density at radius 1 is 0.824 bits per heavy atom. The van der Waals surface area contributed by atoms with E-state index in [4.69, 9.17) is 24.0 Å². The van der Waals surface area contributed by atoms with Gasteiger partial charge in [0.05, 0.1) is 31.6 Å². The van der Waals surface area contributed by atoms with Crippen LogP contribution >= 0.6 is 0 Å². The van der Waals surface area contributed by atoms with Crippen LogP contribution in [0.2, 0.25) is 0 Å². The van der Waals surface area contributed by atoms with Gasteiger partial charge < -0.3 is 18.9 Å². The largest absolute Gasteiger partial charge is 0.494 e. The topological polar surface area (TPSA) is 52.5 Å². The first kappa shape index (κ1) is 22.1. The van der Waals surface area contributed by atoms with Crippen molar-refractivity contribution in [1.82, 2.24) is 5.01 Å². The molecule has 2 atom stereocenters.